The highest BCUT2D eigenvalue weighted by molar-refractivity contribution is 6.31. The lowest BCUT2D eigenvalue weighted by Crippen LogP contribution is -2.28. The van der Waals surface area contributed by atoms with Gasteiger partial charge in [0.05, 0.1) is 18.0 Å². The number of carbonyl (C=O) groups is 1. The summed E-state index contributed by atoms with van der Waals surface area (Å²) in [7, 11) is 0. The summed E-state index contributed by atoms with van der Waals surface area (Å²) in [6, 6.07) is 11.3. The van der Waals surface area contributed by atoms with Gasteiger partial charge in [0.25, 0.3) is 0 Å². The number of rotatable bonds is 4. The average molecular weight is 342 g/mol. The summed E-state index contributed by atoms with van der Waals surface area (Å²) in [4.78, 5) is 12.0. The van der Waals surface area contributed by atoms with Crippen LogP contribution in [0.1, 0.15) is 29.7 Å². The first kappa shape index (κ1) is 17.3. The maximum atomic E-state index is 12.7. The molecule has 122 valence electrons. The molecule has 0 aromatic heterocycles. The Kier molecular flexibility index (Phi) is 5.31. The Labute approximate surface area is 137 Å². The molecular formula is C17H15ClF3NO. The van der Waals surface area contributed by atoms with E-state index in [1.165, 1.54) is 6.07 Å². The van der Waals surface area contributed by atoms with Crippen molar-refractivity contribution < 1.29 is 18.0 Å². The molecule has 2 rings (SSSR count). The second-order valence-corrected chi connectivity index (χ2v) is 5.59. The van der Waals surface area contributed by atoms with E-state index in [1.807, 2.05) is 0 Å². The normalized spacial score (nSPS) is 12.7. The number of nitrogens with one attached hydrogen (secondary N) is 1. The minimum Gasteiger partial charge on any atom is -0.349 e. The summed E-state index contributed by atoms with van der Waals surface area (Å²) in [5, 5.41) is 3.17. The topological polar surface area (TPSA) is 29.1 Å². The SMILES string of the molecule is CC(NC(=O)Cc1ccccc1Cl)c1cccc(C(F)(F)F)c1. The molecule has 2 aromatic rings. The van der Waals surface area contributed by atoms with Crippen molar-refractivity contribution in [1.29, 1.82) is 0 Å². The number of carbonyl (C=O) groups excluding carboxylic acids is 1. The predicted octanol–water partition coefficient (Wildman–Crippen LogP) is 4.78. The average Bonchev–Trinajstić information content (AvgIpc) is 2.49. The van der Waals surface area contributed by atoms with Crippen LogP contribution in [0.2, 0.25) is 5.02 Å². The molecule has 23 heavy (non-hydrogen) atoms. The fourth-order valence-electron chi connectivity index (χ4n) is 2.17. The second kappa shape index (κ2) is 7.04. The Bertz CT molecular complexity index is 700. The van der Waals surface area contributed by atoms with Gasteiger partial charge in [0.15, 0.2) is 0 Å². The highest BCUT2D eigenvalue weighted by Gasteiger charge is 2.30. The first-order chi connectivity index (χ1) is 10.8. The van der Waals surface area contributed by atoms with E-state index in [2.05, 4.69) is 5.32 Å². The van der Waals surface area contributed by atoms with Crippen LogP contribution in [0.3, 0.4) is 0 Å². The highest BCUT2D eigenvalue weighted by Crippen LogP contribution is 2.30. The van der Waals surface area contributed by atoms with Gasteiger partial charge in [-0.1, -0.05) is 41.9 Å². The standard InChI is InChI=1S/C17H15ClF3NO/c1-11(12-6-4-7-14(9-12)17(19,20)21)22-16(23)10-13-5-2-3-8-15(13)18/h2-9,11H,10H2,1H3,(H,22,23). The van der Waals surface area contributed by atoms with E-state index in [1.54, 1.807) is 37.3 Å². The molecule has 2 nitrogen and oxygen atoms in total. The van der Waals surface area contributed by atoms with Gasteiger partial charge in [-0.3, -0.25) is 4.79 Å². The molecule has 1 atom stereocenters. The maximum absolute atomic E-state index is 12.7. The molecule has 0 spiro atoms. The molecule has 2 aromatic carbocycles. The van der Waals surface area contributed by atoms with Gasteiger partial charge in [-0.2, -0.15) is 13.2 Å². The monoisotopic (exact) mass is 341 g/mol. The van der Waals surface area contributed by atoms with E-state index in [-0.39, 0.29) is 12.3 Å². The minimum absolute atomic E-state index is 0.0724. The summed E-state index contributed by atoms with van der Waals surface area (Å²) in [6.45, 7) is 1.64. The zero-order valence-electron chi connectivity index (χ0n) is 12.3. The quantitative estimate of drug-likeness (QED) is 0.852. The van der Waals surface area contributed by atoms with Gasteiger partial charge in [0, 0.05) is 5.02 Å². The van der Waals surface area contributed by atoms with Crippen molar-refractivity contribution in [1.82, 2.24) is 5.32 Å². The summed E-state index contributed by atoms with van der Waals surface area (Å²) in [5.41, 5.74) is 0.331. The molecule has 0 aliphatic rings. The molecule has 0 aliphatic heterocycles. The minimum atomic E-state index is -4.41. The van der Waals surface area contributed by atoms with Gasteiger partial charge in [0.1, 0.15) is 0 Å². The molecule has 0 aliphatic carbocycles. The van der Waals surface area contributed by atoms with Crippen molar-refractivity contribution in [3.63, 3.8) is 0 Å². The molecule has 0 fully saturated rings. The molecule has 0 radical (unpaired) electrons. The number of amides is 1. The third-order valence-electron chi connectivity index (χ3n) is 3.40. The molecule has 0 saturated carbocycles. The predicted molar refractivity (Wildman–Crippen MR) is 83.2 cm³/mol. The van der Waals surface area contributed by atoms with E-state index < -0.39 is 17.8 Å². The van der Waals surface area contributed by atoms with Gasteiger partial charge < -0.3 is 5.32 Å². The Balaban J connectivity index is 2.06. The van der Waals surface area contributed by atoms with Crippen molar-refractivity contribution in [3.8, 4) is 0 Å². The summed E-state index contributed by atoms with van der Waals surface area (Å²) in [6.07, 6.45) is -4.33. The first-order valence-electron chi connectivity index (χ1n) is 6.97. The fourth-order valence-corrected chi connectivity index (χ4v) is 2.38. The van der Waals surface area contributed by atoms with Gasteiger partial charge in [-0.15, -0.1) is 0 Å². The molecule has 1 unspecified atom stereocenters. The molecule has 6 heteroatoms. The molecule has 0 heterocycles. The van der Waals surface area contributed by atoms with E-state index >= 15 is 0 Å². The Morgan fingerprint density at radius 1 is 1.17 bits per heavy atom. The lowest BCUT2D eigenvalue weighted by molar-refractivity contribution is -0.137. The van der Waals surface area contributed by atoms with Crippen molar-refractivity contribution in [2.75, 3.05) is 0 Å². The fraction of sp³-hybridized carbons (Fsp3) is 0.235. The lowest BCUT2D eigenvalue weighted by Gasteiger charge is -2.16. The van der Waals surface area contributed by atoms with E-state index in [9.17, 15) is 18.0 Å². The number of benzene rings is 2. The van der Waals surface area contributed by atoms with Crippen molar-refractivity contribution in [2.45, 2.75) is 25.6 Å². The summed E-state index contributed by atoms with van der Waals surface area (Å²) < 4.78 is 38.2. The Morgan fingerprint density at radius 3 is 2.52 bits per heavy atom. The van der Waals surface area contributed by atoms with Crippen LogP contribution >= 0.6 is 11.6 Å². The largest absolute Gasteiger partial charge is 0.416 e. The third kappa shape index (κ3) is 4.73. The van der Waals surface area contributed by atoms with E-state index in [0.717, 1.165) is 12.1 Å². The zero-order chi connectivity index (χ0) is 17.0. The van der Waals surface area contributed by atoms with E-state index in [4.69, 9.17) is 11.6 Å². The Morgan fingerprint density at radius 2 is 1.87 bits per heavy atom. The van der Waals surface area contributed by atoms with Crippen LogP contribution in [0.4, 0.5) is 13.2 Å². The van der Waals surface area contributed by atoms with Crippen LogP contribution in [0.15, 0.2) is 48.5 Å². The molecule has 1 amide bonds. The van der Waals surface area contributed by atoms with Gasteiger partial charge in [-0.25, -0.2) is 0 Å². The third-order valence-corrected chi connectivity index (χ3v) is 3.77. The number of hydrogen-bond acceptors (Lipinski definition) is 1. The molecule has 0 bridgehead atoms. The number of hydrogen-bond donors (Lipinski definition) is 1. The number of halogens is 4. The van der Waals surface area contributed by atoms with Crippen molar-refractivity contribution >= 4 is 17.5 Å². The van der Waals surface area contributed by atoms with Crippen LogP contribution in [0.25, 0.3) is 0 Å². The molecular weight excluding hydrogens is 327 g/mol. The number of alkyl halides is 3. The summed E-state index contributed by atoms with van der Waals surface area (Å²) in [5.74, 6) is -0.303. The zero-order valence-corrected chi connectivity index (χ0v) is 13.1. The Hall–Kier alpha value is -2.01. The highest BCUT2D eigenvalue weighted by atomic mass is 35.5. The van der Waals surface area contributed by atoms with Gasteiger partial charge in [0.2, 0.25) is 5.91 Å². The van der Waals surface area contributed by atoms with Gasteiger partial charge in [-0.05, 0) is 36.2 Å². The van der Waals surface area contributed by atoms with Crippen LogP contribution in [-0.2, 0) is 17.4 Å². The van der Waals surface area contributed by atoms with Crippen molar-refractivity contribution in [2.24, 2.45) is 0 Å². The second-order valence-electron chi connectivity index (χ2n) is 5.18. The van der Waals surface area contributed by atoms with Gasteiger partial charge >= 0.3 is 6.18 Å². The van der Waals surface area contributed by atoms with Crippen LogP contribution in [0.5, 0.6) is 0 Å². The van der Waals surface area contributed by atoms with Crippen LogP contribution < -0.4 is 5.32 Å². The lowest BCUT2D eigenvalue weighted by atomic mass is 10.0. The first-order valence-corrected chi connectivity index (χ1v) is 7.35. The molecule has 0 saturated heterocycles. The van der Waals surface area contributed by atoms with Crippen LogP contribution in [0, 0.1) is 0 Å². The molecule has 1 N–H and O–H groups in total. The van der Waals surface area contributed by atoms with E-state index in [0.29, 0.717) is 16.1 Å². The van der Waals surface area contributed by atoms with Crippen LogP contribution in [-0.4, -0.2) is 5.91 Å². The smallest absolute Gasteiger partial charge is 0.349 e. The van der Waals surface area contributed by atoms with Crippen molar-refractivity contribution in [3.05, 3.63) is 70.2 Å². The summed E-state index contributed by atoms with van der Waals surface area (Å²) >= 11 is 5.99. The maximum Gasteiger partial charge on any atom is 0.416 e.